The van der Waals surface area contributed by atoms with E-state index in [0.29, 0.717) is 0 Å². The first-order valence-electron chi connectivity index (χ1n) is 9.63. The van der Waals surface area contributed by atoms with E-state index in [9.17, 15) is 0 Å². The largest absolute Gasteiger partial charge is 1.00 e. The van der Waals surface area contributed by atoms with E-state index in [-0.39, 0.29) is 24.8 Å². The molecule has 0 saturated heterocycles. The van der Waals surface area contributed by atoms with Crippen molar-refractivity contribution in [3.63, 3.8) is 0 Å². The van der Waals surface area contributed by atoms with Gasteiger partial charge in [0.1, 0.15) is 0 Å². The normalized spacial score (nSPS) is 9.81. The molecule has 0 aliphatic heterocycles. The third kappa shape index (κ3) is 7.96. The quantitative estimate of drug-likeness (QED) is 0.300. The minimum absolute atomic E-state index is 0. The summed E-state index contributed by atoms with van der Waals surface area (Å²) >= 11 is 1.51. The van der Waals surface area contributed by atoms with Crippen molar-refractivity contribution < 1.29 is 53.8 Å². The Kier molecular flexibility index (Phi) is 12.5. The molecule has 4 aromatic rings. The number of halogens is 2. The van der Waals surface area contributed by atoms with Crippen LogP contribution >= 0.6 is 0 Å². The van der Waals surface area contributed by atoms with E-state index in [0.717, 1.165) is 12.2 Å². The summed E-state index contributed by atoms with van der Waals surface area (Å²) in [6, 6.07) is 36.4. The number of benzene rings is 3. The van der Waals surface area contributed by atoms with Gasteiger partial charge in [-0.3, -0.25) is 0 Å². The average Bonchev–Trinajstić information content (AvgIpc) is 3.46. The second-order valence-corrected chi connectivity index (χ2v) is 8.55. The number of fused-ring (bicyclic) bond motifs is 3. The minimum Gasteiger partial charge on any atom is -1.00 e. The maximum absolute atomic E-state index is 5.18. The van der Waals surface area contributed by atoms with E-state index in [1.54, 1.807) is 7.11 Å². The van der Waals surface area contributed by atoms with E-state index in [4.69, 9.17) is 4.74 Å². The molecule has 0 fully saturated rings. The maximum Gasteiger partial charge on any atom is -0.172 e. The van der Waals surface area contributed by atoms with Gasteiger partial charge in [0.05, 0.1) is 7.11 Å². The Morgan fingerprint density at radius 3 is 2.03 bits per heavy atom. The molecule has 0 amide bonds. The Labute approximate surface area is 213 Å². The van der Waals surface area contributed by atoms with Gasteiger partial charge in [-0.2, -0.15) is 24.3 Å². The van der Waals surface area contributed by atoms with Crippen LogP contribution in [-0.2, 0) is 30.7 Å². The van der Waals surface area contributed by atoms with Crippen molar-refractivity contribution in [1.29, 1.82) is 0 Å². The SMILES string of the molecule is COc1[c-]c2c(cc1)-c1ccccc1C2.C[C](=[Zr+2])c1ccccc1.[Cl-].[Cl-].c1cc[cH-]c1. The van der Waals surface area contributed by atoms with Crippen molar-refractivity contribution in [2.24, 2.45) is 0 Å². The number of methoxy groups -OCH3 is 1. The second kappa shape index (κ2) is 14.3. The van der Waals surface area contributed by atoms with Crippen LogP contribution in [0, 0.1) is 6.07 Å². The Bertz CT molecular complexity index is 1030. The summed E-state index contributed by atoms with van der Waals surface area (Å²) in [5.41, 5.74) is 6.64. The van der Waals surface area contributed by atoms with Crippen LogP contribution in [0.5, 0.6) is 5.75 Å². The van der Waals surface area contributed by atoms with Gasteiger partial charge in [0.2, 0.25) is 0 Å². The fourth-order valence-electron chi connectivity index (χ4n) is 3.16. The predicted molar refractivity (Wildman–Crippen MR) is 118 cm³/mol. The molecule has 0 N–H and O–H groups in total. The fraction of sp³-hybridized carbons (Fsp3) is 0.111. The topological polar surface area (TPSA) is 9.23 Å². The van der Waals surface area contributed by atoms with Gasteiger partial charge in [-0.05, 0) is 6.42 Å². The summed E-state index contributed by atoms with van der Waals surface area (Å²) in [5, 5.41) is 0. The molecule has 4 aromatic carbocycles. The molecule has 0 spiro atoms. The van der Waals surface area contributed by atoms with E-state index in [1.165, 1.54) is 55.3 Å². The molecule has 1 aliphatic carbocycles. The van der Waals surface area contributed by atoms with Crippen LogP contribution in [-0.4, -0.2) is 10.3 Å². The van der Waals surface area contributed by atoms with Crippen molar-refractivity contribution in [2.45, 2.75) is 13.3 Å². The summed E-state index contributed by atoms with van der Waals surface area (Å²) in [6.07, 6.45) is 0.975. The Hall–Kier alpha value is -1.86. The molecule has 0 aromatic heterocycles. The molecule has 0 bridgehead atoms. The number of ether oxygens (including phenoxy) is 1. The van der Waals surface area contributed by atoms with Gasteiger partial charge in [0.15, 0.2) is 0 Å². The van der Waals surface area contributed by atoms with Gasteiger partial charge in [0.25, 0.3) is 0 Å². The molecule has 1 nitrogen and oxygen atoms in total. The van der Waals surface area contributed by atoms with Crippen LogP contribution in [0.4, 0.5) is 0 Å². The average molecular weight is 527 g/mol. The number of hydrogen-bond donors (Lipinski definition) is 0. The van der Waals surface area contributed by atoms with Crippen molar-refractivity contribution >= 4 is 3.21 Å². The van der Waals surface area contributed by atoms with Crippen molar-refractivity contribution in [1.82, 2.24) is 0 Å². The van der Waals surface area contributed by atoms with Crippen LogP contribution in [0.25, 0.3) is 11.1 Å². The molecule has 1 aliphatic rings. The van der Waals surface area contributed by atoms with E-state index in [1.807, 2.05) is 42.5 Å². The molecule has 5 rings (SSSR count). The first-order valence-corrected chi connectivity index (χ1v) is 10.9. The zero-order valence-corrected chi connectivity index (χ0v) is 21.6. The molecule has 0 saturated carbocycles. The zero-order chi connectivity index (χ0) is 20.5. The van der Waals surface area contributed by atoms with Crippen LogP contribution in [0.1, 0.15) is 23.6 Å². The van der Waals surface area contributed by atoms with Crippen LogP contribution in [0.15, 0.2) is 97.1 Å². The molecular weight excluding hydrogens is 502 g/mol. The van der Waals surface area contributed by atoms with Gasteiger partial charge in [0, 0.05) is 5.75 Å². The smallest absolute Gasteiger partial charge is 0.172 e. The van der Waals surface area contributed by atoms with Crippen LogP contribution < -0.4 is 29.6 Å². The Balaban J connectivity index is 0.000000258. The van der Waals surface area contributed by atoms with Crippen molar-refractivity contribution in [3.05, 3.63) is 120 Å². The Morgan fingerprint density at radius 2 is 1.48 bits per heavy atom. The van der Waals surface area contributed by atoms with Crippen LogP contribution in [0.2, 0.25) is 0 Å². The molecular formula is C27H24Cl2OZr-2. The predicted octanol–water partition coefficient (Wildman–Crippen LogP) is 0.254. The van der Waals surface area contributed by atoms with E-state index >= 15 is 0 Å². The minimum atomic E-state index is 0. The third-order valence-electron chi connectivity index (χ3n) is 4.66. The second-order valence-electron chi connectivity index (χ2n) is 6.71. The van der Waals surface area contributed by atoms with Gasteiger partial charge in [-0.15, -0.1) is 23.3 Å². The summed E-state index contributed by atoms with van der Waals surface area (Å²) in [7, 11) is 1.68. The van der Waals surface area contributed by atoms with Gasteiger partial charge in [-0.1, -0.05) is 35.4 Å². The maximum atomic E-state index is 5.18. The molecule has 0 atom stereocenters. The van der Waals surface area contributed by atoms with E-state index in [2.05, 4.69) is 67.6 Å². The first-order chi connectivity index (χ1) is 14.2. The zero-order valence-electron chi connectivity index (χ0n) is 17.6. The van der Waals surface area contributed by atoms with Gasteiger partial charge in [-0.25, -0.2) is 12.1 Å². The van der Waals surface area contributed by atoms with Crippen LogP contribution in [0.3, 0.4) is 0 Å². The summed E-state index contributed by atoms with van der Waals surface area (Å²) in [4.78, 5) is 0. The number of hydrogen-bond acceptors (Lipinski definition) is 1. The fourth-order valence-corrected chi connectivity index (χ4v) is 3.57. The molecule has 0 radical (unpaired) electrons. The van der Waals surface area contributed by atoms with Gasteiger partial charge >= 0.3 is 70.3 Å². The molecule has 158 valence electrons. The molecule has 4 heteroatoms. The third-order valence-corrected chi connectivity index (χ3v) is 5.37. The van der Waals surface area contributed by atoms with Crippen molar-refractivity contribution in [2.75, 3.05) is 7.11 Å². The standard InChI is InChI=1S/C14H11O.C8H8.C5H5.2ClH.Zr/c1-15-12-6-7-14-11(9-12)8-10-4-2-3-5-13(10)14;1-2-8-6-4-3-5-7-8;1-2-4-5-3-1;;;/h2-7H,8H2,1H3;3-7H,1H3;1-5H;2*1H;/q-1;;-1;;;+2/p-2. The van der Waals surface area contributed by atoms with Crippen molar-refractivity contribution in [3.8, 4) is 16.9 Å². The summed E-state index contributed by atoms with van der Waals surface area (Å²) < 4.78 is 6.64. The molecule has 0 unspecified atom stereocenters. The monoisotopic (exact) mass is 524 g/mol. The Morgan fingerprint density at radius 1 is 0.839 bits per heavy atom. The van der Waals surface area contributed by atoms with E-state index < -0.39 is 0 Å². The van der Waals surface area contributed by atoms with Gasteiger partial charge < -0.3 is 29.6 Å². The summed E-state index contributed by atoms with van der Waals surface area (Å²) in [6.45, 7) is 2.16. The molecule has 31 heavy (non-hydrogen) atoms. The number of rotatable bonds is 2. The first kappa shape index (κ1) is 27.2. The summed E-state index contributed by atoms with van der Waals surface area (Å²) in [5.74, 6) is 0.821. The molecule has 0 heterocycles.